The van der Waals surface area contributed by atoms with Crippen LogP contribution >= 0.6 is 11.6 Å². The summed E-state index contributed by atoms with van der Waals surface area (Å²) in [7, 11) is 0. The van der Waals surface area contributed by atoms with Crippen LogP contribution < -0.4 is 11.1 Å². The van der Waals surface area contributed by atoms with Crippen LogP contribution in [0.15, 0.2) is 12.3 Å². The number of hydrogen-bond donors (Lipinski definition) is 3. The van der Waals surface area contributed by atoms with E-state index in [-0.39, 0.29) is 12.6 Å². The first-order valence-corrected chi connectivity index (χ1v) is 5.87. The molecule has 0 radical (unpaired) electrons. The first-order chi connectivity index (χ1) is 7.70. The number of aliphatic hydroxyl groups excluding tert-OH is 1. The van der Waals surface area contributed by atoms with E-state index in [4.69, 9.17) is 17.3 Å². The van der Waals surface area contributed by atoms with Crippen molar-refractivity contribution in [1.82, 2.24) is 4.98 Å². The van der Waals surface area contributed by atoms with Crippen LogP contribution in [0.2, 0.25) is 5.02 Å². The summed E-state index contributed by atoms with van der Waals surface area (Å²) in [4.78, 5) is 4.16. The van der Waals surface area contributed by atoms with E-state index in [0.29, 0.717) is 22.4 Å². The molecule has 88 valence electrons. The Labute approximate surface area is 99.8 Å². The molecule has 1 aromatic rings. The van der Waals surface area contributed by atoms with Gasteiger partial charge in [-0.25, -0.2) is 4.98 Å². The number of halogens is 1. The molecule has 5 heteroatoms. The van der Waals surface area contributed by atoms with Crippen LogP contribution in [0, 0.1) is 5.92 Å². The topological polar surface area (TPSA) is 71.2 Å². The van der Waals surface area contributed by atoms with Gasteiger partial charge in [-0.3, -0.25) is 0 Å². The Bertz CT molecular complexity index is 372. The molecule has 0 bridgehead atoms. The quantitative estimate of drug-likeness (QED) is 0.756. The van der Waals surface area contributed by atoms with Gasteiger partial charge < -0.3 is 16.2 Å². The summed E-state index contributed by atoms with van der Waals surface area (Å²) in [6, 6.07) is 1.95. The fourth-order valence-electron chi connectivity index (χ4n) is 2.20. The molecule has 1 aliphatic rings. The highest BCUT2D eigenvalue weighted by Gasteiger charge is 2.27. The lowest BCUT2D eigenvalue weighted by Crippen LogP contribution is -2.27. The molecule has 0 aromatic carbocycles. The van der Waals surface area contributed by atoms with Gasteiger partial charge >= 0.3 is 0 Å². The summed E-state index contributed by atoms with van der Waals surface area (Å²) in [5.74, 6) is 0.964. The van der Waals surface area contributed by atoms with Crippen molar-refractivity contribution in [3.8, 4) is 0 Å². The zero-order valence-electron chi connectivity index (χ0n) is 8.99. The number of aliphatic hydroxyl groups is 1. The number of nitrogen functional groups attached to an aromatic ring is 1. The largest absolute Gasteiger partial charge is 0.396 e. The summed E-state index contributed by atoms with van der Waals surface area (Å²) in [5.41, 5.74) is 6.37. The summed E-state index contributed by atoms with van der Waals surface area (Å²) in [6.45, 7) is 0.213. The van der Waals surface area contributed by atoms with E-state index < -0.39 is 0 Å². The van der Waals surface area contributed by atoms with Crippen molar-refractivity contribution >= 4 is 23.1 Å². The molecule has 1 saturated carbocycles. The fourth-order valence-corrected chi connectivity index (χ4v) is 2.36. The number of nitrogens with one attached hydrogen (secondary N) is 1. The van der Waals surface area contributed by atoms with Crippen molar-refractivity contribution in [2.45, 2.75) is 25.3 Å². The van der Waals surface area contributed by atoms with Gasteiger partial charge in [0.2, 0.25) is 0 Å². The SMILES string of the molecule is Nc1cc(Cl)cnc1NC1CCCC1CO. The van der Waals surface area contributed by atoms with Gasteiger partial charge in [-0.15, -0.1) is 0 Å². The minimum Gasteiger partial charge on any atom is -0.396 e. The average Bonchev–Trinajstić information content (AvgIpc) is 2.69. The molecule has 2 atom stereocenters. The molecule has 1 fully saturated rings. The number of pyridine rings is 1. The van der Waals surface area contributed by atoms with Crippen LogP contribution in [0.3, 0.4) is 0 Å². The van der Waals surface area contributed by atoms with Crippen molar-refractivity contribution in [3.63, 3.8) is 0 Å². The number of nitrogens with zero attached hydrogens (tertiary/aromatic N) is 1. The Morgan fingerprint density at radius 3 is 3.06 bits per heavy atom. The van der Waals surface area contributed by atoms with E-state index in [0.717, 1.165) is 19.3 Å². The van der Waals surface area contributed by atoms with Gasteiger partial charge in [0, 0.05) is 24.8 Å². The Hall–Kier alpha value is -1.00. The van der Waals surface area contributed by atoms with Crippen LogP contribution in [-0.4, -0.2) is 22.7 Å². The zero-order chi connectivity index (χ0) is 11.5. The van der Waals surface area contributed by atoms with Crippen molar-refractivity contribution in [1.29, 1.82) is 0 Å². The number of aromatic nitrogens is 1. The third kappa shape index (κ3) is 2.39. The molecule has 0 saturated heterocycles. The number of rotatable bonds is 3. The van der Waals surface area contributed by atoms with Gasteiger partial charge in [0.05, 0.1) is 10.7 Å². The lowest BCUT2D eigenvalue weighted by molar-refractivity contribution is 0.222. The number of anilines is 2. The maximum Gasteiger partial charge on any atom is 0.149 e. The average molecular weight is 242 g/mol. The molecule has 1 aromatic heterocycles. The van der Waals surface area contributed by atoms with Gasteiger partial charge in [0.25, 0.3) is 0 Å². The molecule has 16 heavy (non-hydrogen) atoms. The molecule has 0 amide bonds. The first kappa shape index (κ1) is 11.5. The van der Waals surface area contributed by atoms with Gasteiger partial charge in [-0.05, 0) is 18.9 Å². The maximum atomic E-state index is 9.22. The first-order valence-electron chi connectivity index (χ1n) is 5.49. The number of nitrogens with two attached hydrogens (primary N) is 1. The van der Waals surface area contributed by atoms with E-state index >= 15 is 0 Å². The minimum absolute atomic E-state index is 0.213. The third-order valence-corrected chi connectivity index (χ3v) is 3.31. The normalized spacial score (nSPS) is 24.6. The van der Waals surface area contributed by atoms with Crippen molar-refractivity contribution in [3.05, 3.63) is 17.3 Å². The monoisotopic (exact) mass is 241 g/mol. The Morgan fingerprint density at radius 2 is 2.38 bits per heavy atom. The van der Waals surface area contributed by atoms with E-state index in [1.54, 1.807) is 12.3 Å². The van der Waals surface area contributed by atoms with Gasteiger partial charge in [-0.1, -0.05) is 18.0 Å². The molecule has 2 unspecified atom stereocenters. The molecule has 4 N–H and O–H groups in total. The predicted octanol–water partition coefficient (Wildman–Crippen LogP) is 1.89. The van der Waals surface area contributed by atoms with E-state index in [2.05, 4.69) is 10.3 Å². The third-order valence-electron chi connectivity index (χ3n) is 3.10. The molecule has 1 aliphatic carbocycles. The van der Waals surface area contributed by atoms with Crippen LogP contribution in [-0.2, 0) is 0 Å². The van der Waals surface area contributed by atoms with Crippen molar-refractivity contribution < 1.29 is 5.11 Å². The second kappa shape index (κ2) is 4.89. The highest BCUT2D eigenvalue weighted by atomic mass is 35.5. The van der Waals surface area contributed by atoms with Crippen LogP contribution in [0.5, 0.6) is 0 Å². The molecular formula is C11H16ClN3O. The van der Waals surface area contributed by atoms with Crippen molar-refractivity contribution in [2.75, 3.05) is 17.7 Å². The Balaban J connectivity index is 2.08. The highest BCUT2D eigenvalue weighted by Crippen LogP contribution is 2.29. The van der Waals surface area contributed by atoms with E-state index in [9.17, 15) is 5.11 Å². The van der Waals surface area contributed by atoms with Crippen LogP contribution in [0.1, 0.15) is 19.3 Å². The van der Waals surface area contributed by atoms with Crippen LogP contribution in [0.25, 0.3) is 0 Å². The molecule has 4 nitrogen and oxygen atoms in total. The van der Waals surface area contributed by atoms with E-state index in [1.807, 2.05) is 0 Å². The van der Waals surface area contributed by atoms with E-state index in [1.165, 1.54) is 0 Å². The second-order valence-electron chi connectivity index (χ2n) is 4.22. The zero-order valence-corrected chi connectivity index (χ0v) is 9.74. The molecule has 2 rings (SSSR count). The summed E-state index contributed by atoms with van der Waals surface area (Å²) >= 11 is 5.78. The van der Waals surface area contributed by atoms with Gasteiger partial charge in [-0.2, -0.15) is 0 Å². The minimum atomic E-state index is 0.213. The second-order valence-corrected chi connectivity index (χ2v) is 4.65. The number of hydrogen-bond acceptors (Lipinski definition) is 4. The van der Waals surface area contributed by atoms with Gasteiger partial charge in [0.15, 0.2) is 0 Å². The Morgan fingerprint density at radius 1 is 1.56 bits per heavy atom. The van der Waals surface area contributed by atoms with Gasteiger partial charge in [0.1, 0.15) is 5.82 Å². The highest BCUT2D eigenvalue weighted by molar-refractivity contribution is 6.30. The lowest BCUT2D eigenvalue weighted by Gasteiger charge is -2.20. The molecule has 0 aliphatic heterocycles. The summed E-state index contributed by atoms with van der Waals surface area (Å²) in [5, 5.41) is 13.0. The maximum absolute atomic E-state index is 9.22. The summed E-state index contributed by atoms with van der Waals surface area (Å²) in [6.07, 6.45) is 4.82. The van der Waals surface area contributed by atoms with Crippen molar-refractivity contribution in [2.24, 2.45) is 5.92 Å². The standard InChI is InChI=1S/C11H16ClN3O/c12-8-4-9(13)11(14-5-8)15-10-3-1-2-7(10)6-16/h4-5,7,10,16H,1-3,6,13H2,(H,14,15). The molecule has 1 heterocycles. The molecule has 0 spiro atoms. The lowest BCUT2D eigenvalue weighted by atomic mass is 10.1. The summed E-state index contributed by atoms with van der Waals surface area (Å²) < 4.78 is 0. The fraction of sp³-hybridized carbons (Fsp3) is 0.545. The van der Waals surface area contributed by atoms with Crippen LogP contribution in [0.4, 0.5) is 11.5 Å². The predicted molar refractivity (Wildman–Crippen MR) is 65.5 cm³/mol. The smallest absolute Gasteiger partial charge is 0.149 e. The molecular weight excluding hydrogens is 226 g/mol. The Kier molecular flexibility index (Phi) is 3.51.